The Bertz CT molecular complexity index is 374. The van der Waals surface area contributed by atoms with E-state index in [0.29, 0.717) is 6.54 Å². The molecule has 0 aliphatic carbocycles. The highest BCUT2D eigenvalue weighted by atomic mass is 19.1. The van der Waals surface area contributed by atoms with Crippen molar-refractivity contribution in [3.05, 3.63) is 35.1 Å². The van der Waals surface area contributed by atoms with Crippen molar-refractivity contribution in [3.63, 3.8) is 0 Å². The van der Waals surface area contributed by atoms with E-state index >= 15 is 0 Å². The first-order chi connectivity index (χ1) is 7.24. The Morgan fingerprint density at radius 1 is 1.40 bits per heavy atom. The maximum Gasteiger partial charge on any atom is 0.123 e. The summed E-state index contributed by atoms with van der Waals surface area (Å²) in [5.74, 6) is 5.64. The van der Waals surface area contributed by atoms with E-state index in [4.69, 9.17) is 0 Å². The molecule has 0 bridgehead atoms. The Balaban J connectivity index is 2.42. The molecule has 0 saturated heterocycles. The topological polar surface area (TPSA) is 12.0 Å². The van der Waals surface area contributed by atoms with Crippen LogP contribution in [0.5, 0.6) is 0 Å². The first-order valence-corrected chi connectivity index (χ1v) is 5.09. The summed E-state index contributed by atoms with van der Waals surface area (Å²) in [6, 6.07) is 4.87. The number of hydrogen-bond acceptors (Lipinski definition) is 1. The fourth-order valence-electron chi connectivity index (χ4n) is 1.33. The highest BCUT2D eigenvalue weighted by molar-refractivity contribution is 5.26. The summed E-state index contributed by atoms with van der Waals surface area (Å²) in [7, 11) is 0. The van der Waals surface area contributed by atoms with Crippen LogP contribution in [-0.4, -0.2) is 6.54 Å². The van der Waals surface area contributed by atoms with Gasteiger partial charge in [0.1, 0.15) is 5.82 Å². The third-order valence-corrected chi connectivity index (χ3v) is 2.23. The first kappa shape index (κ1) is 11.7. The molecule has 0 amide bonds. The van der Waals surface area contributed by atoms with Gasteiger partial charge in [-0.3, -0.25) is 0 Å². The lowest BCUT2D eigenvalue weighted by Gasteiger charge is -2.06. The second-order valence-corrected chi connectivity index (χ2v) is 3.42. The van der Waals surface area contributed by atoms with E-state index in [2.05, 4.69) is 17.2 Å². The lowest BCUT2D eigenvalue weighted by Crippen LogP contribution is -2.15. The molecule has 80 valence electrons. The molecule has 2 heteroatoms. The molecule has 0 atom stereocenters. The van der Waals surface area contributed by atoms with E-state index < -0.39 is 0 Å². The lowest BCUT2D eigenvalue weighted by molar-refractivity contribution is 0.619. The zero-order chi connectivity index (χ0) is 11.1. The molecule has 0 aliphatic rings. The van der Waals surface area contributed by atoms with Crippen LogP contribution in [0.2, 0.25) is 0 Å². The van der Waals surface area contributed by atoms with Crippen molar-refractivity contribution in [2.24, 2.45) is 0 Å². The summed E-state index contributed by atoms with van der Waals surface area (Å²) >= 11 is 0. The Kier molecular flexibility index (Phi) is 4.86. The molecule has 0 spiro atoms. The molecule has 15 heavy (non-hydrogen) atoms. The van der Waals surface area contributed by atoms with Crippen LogP contribution < -0.4 is 5.32 Å². The highest BCUT2D eigenvalue weighted by Gasteiger charge is 1.99. The molecule has 0 fully saturated rings. The minimum Gasteiger partial charge on any atom is -0.312 e. The molecule has 0 aromatic heterocycles. The maximum absolute atomic E-state index is 12.9. The van der Waals surface area contributed by atoms with Crippen molar-refractivity contribution in [3.8, 4) is 11.8 Å². The highest BCUT2D eigenvalue weighted by Crippen LogP contribution is 2.09. The Morgan fingerprint density at radius 2 is 2.20 bits per heavy atom. The number of nitrogens with one attached hydrogen (secondary N) is 1. The zero-order valence-corrected chi connectivity index (χ0v) is 9.23. The summed E-state index contributed by atoms with van der Waals surface area (Å²) in [5.41, 5.74) is 2.13. The van der Waals surface area contributed by atoms with E-state index in [1.165, 1.54) is 6.07 Å². The molecule has 0 aliphatic heterocycles. The van der Waals surface area contributed by atoms with Gasteiger partial charge in [-0.1, -0.05) is 6.07 Å². The van der Waals surface area contributed by atoms with Crippen LogP contribution in [0.15, 0.2) is 18.2 Å². The van der Waals surface area contributed by atoms with Crippen LogP contribution in [0.1, 0.15) is 24.5 Å². The van der Waals surface area contributed by atoms with E-state index in [-0.39, 0.29) is 5.82 Å². The SMILES string of the molecule is CC#CCCNCc1cc(F)ccc1C. The third kappa shape index (κ3) is 4.14. The van der Waals surface area contributed by atoms with Crippen molar-refractivity contribution in [1.82, 2.24) is 5.32 Å². The average Bonchev–Trinajstić information content (AvgIpc) is 2.23. The predicted molar refractivity (Wildman–Crippen MR) is 60.9 cm³/mol. The van der Waals surface area contributed by atoms with Crippen molar-refractivity contribution in [2.75, 3.05) is 6.54 Å². The van der Waals surface area contributed by atoms with Crippen LogP contribution >= 0.6 is 0 Å². The number of halogens is 1. The Hall–Kier alpha value is -1.33. The number of hydrogen-bond donors (Lipinski definition) is 1. The molecular formula is C13H16FN. The second kappa shape index (κ2) is 6.21. The fourth-order valence-corrected chi connectivity index (χ4v) is 1.33. The van der Waals surface area contributed by atoms with Crippen LogP contribution in [0.4, 0.5) is 4.39 Å². The van der Waals surface area contributed by atoms with Crippen LogP contribution in [-0.2, 0) is 6.54 Å². The third-order valence-electron chi connectivity index (χ3n) is 2.23. The molecule has 0 saturated carbocycles. The van der Waals surface area contributed by atoms with E-state index in [0.717, 1.165) is 24.1 Å². The van der Waals surface area contributed by atoms with Gasteiger partial charge in [0, 0.05) is 19.5 Å². The van der Waals surface area contributed by atoms with E-state index in [1.54, 1.807) is 12.1 Å². The van der Waals surface area contributed by atoms with Crippen LogP contribution in [0.3, 0.4) is 0 Å². The van der Waals surface area contributed by atoms with Gasteiger partial charge in [0.2, 0.25) is 0 Å². The largest absolute Gasteiger partial charge is 0.312 e. The molecule has 1 aromatic carbocycles. The lowest BCUT2D eigenvalue weighted by atomic mass is 10.1. The summed E-state index contributed by atoms with van der Waals surface area (Å²) < 4.78 is 12.9. The predicted octanol–water partition coefficient (Wildman–Crippen LogP) is 2.64. The summed E-state index contributed by atoms with van der Waals surface area (Å²) in [5, 5.41) is 3.24. The van der Waals surface area contributed by atoms with Gasteiger partial charge >= 0.3 is 0 Å². The zero-order valence-electron chi connectivity index (χ0n) is 9.23. The second-order valence-electron chi connectivity index (χ2n) is 3.42. The molecule has 0 heterocycles. The van der Waals surface area contributed by atoms with Gasteiger partial charge in [-0.2, -0.15) is 0 Å². The van der Waals surface area contributed by atoms with Gasteiger partial charge < -0.3 is 5.32 Å². The van der Waals surface area contributed by atoms with Crippen molar-refractivity contribution in [2.45, 2.75) is 26.8 Å². The molecule has 0 unspecified atom stereocenters. The van der Waals surface area contributed by atoms with Gasteiger partial charge in [-0.05, 0) is 37.1 Å². The van der Waals surface area contributed by atoms with Crippen molar-refractivity contribution in [1.29, 1.82) is 0 Å². The quantitative estimate of drug-likeness (QED) is 0.588. The smallest absolute Gasteiger partial charge is 0.123 e. The molecule has 0 radical (unpaired) electrons. The van der Waals surface area contributed by atoms with E-state index in [9.17, 15) is 4.39 Å². The van der Waals surface area contributed by atoms with Gasteiger partial charge in [-0.25, -0.2) is 4.39 Å². The van der Waals surface area contributed by atoms with Gasteiger partial charge in [0.25, 0.3) is 0 Å². The molecule has 1 rings (SSSR count). The minimum absolute atomic E-state index is 0.175. The molecule has 1 nitrogen and oxygen atoms in total. The standard InChI is InChI=1S/C13H16FN/c1-3-4-5-8-15-10-12-9-13(14)7-6-11(12)2/h6-7,9,15H,5,8,10H2,1-2H3. The summed E-state index contributed by atoms with van der Waals surface area (Å²) in [6.45, 7) is 5.37. The van der Waals surface area contributed by atoms with Crippen molar-refractivity contribution < 1.29 is 4.39 Å². The van der Waals surface area contributed by atoms with Crippen LogP contribution in [0, 0.1) is 24.6 Å². The van der Waals surface area contributed by atoms with Gasteiger partial charge in [0.05, 0.1) is 0 Å². The maximum atomic E-state index is 12.9. The van der Waals surface area contributed by atoms with Crippen LogP contribution in [0.25, 0.3) is 0 Å². The number of rotatable bonds is 4. The summed E-state index contributed by atoms with van der Waals surface area (Å²) in [6.07, 6.45) is 0.838. The fraction of sp³-hybridized carbons (Fsp3) is 0.385. The monoisotopic (exact) mass is 205 g/mol. The first-order valence-electron chi connectivity index (χ1n) is 5.09. The normalized spacial score (nSPS) is 9.53. The average molecular weight is 205 g/mol. The Labute approximate surface area is 90.7 Å². The molecule has 1 aromatic rings. The number of aryl methyl sites for hydroxylation is 1. The summed E-state index contributed by atoms with van der Waals surface area (Å²) in [4.78, 5) is 0. The minimum atomic E-state index is -0.175. The van der Waals surface area contributed by atoms with Gasteiger partial charge in [0.15, 0.2) is 0 Å². The number of benzene rings is 1. The van der Waals surface area contributed by atoms with Gasteiger partial charge in [-0.15, -0.1) is 11.8 Å². The Morgan fingerprint density at radius 3 is 2.93 bits per heavy atom. The molecular weight excluding hydrogens is 189 g/mol. The van der Waals surface area contributed by atoms with E-state index in [1.807, 2.05) is 13.8 Å². The molecule has 1 N–H and O–H groups in total. The van der Waals surface area contributed by atoms with Crippen molar-refractivity contribution >= 4 is 0 Å².